The third-order valence-corrected chi connectivity index (χ3v) is 3.93. The number of nitrogens with one attached hydrogen (secondary N) is 1. The van der Waals surface area contributed by atoms with E-state index in [0.29, 0.717) is 6.04 Å². The second kappa shape index (κ2) is 3.54. The van der Waals surface area contributed by atoms with Gasteiger partial charge in [0.15, 0.2) is 0 Å². The van der Waals surface area contributed by atoms with Crippen LogP contribution in [0, 0.1) is 0 Å². The highest BCUT2D eigenvalue weighted by atomic mass is 35.5. The van der Waals surface area contributed by atoms with E-state index in [1.807, 2.05) is 6.07 Å². The summed E-state index contributed by atoms with van der Waals surface area (Å²) in [6.07, 6.45) is 1.04. The second-order valence-corrected chi connectivity index (χ2v) is 5.13. The van der Waals surface area contributed by atoms with Crippen molar-refractivity contribution in [3.8, 4) is 0 Å². The lowest BCUT2D eigenvalue weighted by Crippen LogP contribution is -2.02. The Bertz CT molecular complexity index is 478. The van der Waals surface area contributed by atoms with Crippen LogP contribution in [-0.2, 0) is 6.42 Å². The fraction of sp³-hybridized carbons (Fsp3) is 0.167. The van der Waals surface area contributed by atoms with E-state index in [2.05, 4.69) is 35.0 Å². The van der Waals surface area contributed by atoms with Crippen LogP contribution in [0.15, 0.2) is 35.7 Å². The lowest BCUT2D eigenvalue weighted by atomic mass is 10.1. The lowest BCUT2D eigenvalue weighted by molar-refractivity contribution is 0.843. The molecule has 0 saturated heterocycles. The molecule has 1 aliphatic heterocycles. The fourth-order valence-electron chi connectivity index (χ4n) is 1.99. The molecule has 1 aromatic carbocycles. The predicted molar refractivity (Wildman–Crippen MR) is 65.8 cm³/mol. The quantitative estimate of drug-likeness (QED) is 0.785. The number of hydrogen-bond acceptors (Lipinski definition) is 2. The predicted octanol–water partition coefficient (Wildman–Crippen LogP) is 4.11. The Balaban J connectivity index is 1.92. The first-order valence-corrected chi connectivity index (χ1v) is 6.17. The molecule has 1 N–H and O–H groups in total. The first kappa shape index (κ1) is 9.25. The third-order valence-electron chi connectivity index (χ3n) is 2.71. The lowest BCUT2D eigenvalue weighted by Gasteiger charge is -2.07. The van der Waals surface area contributed by atoms with Crippen molar-refractivity contribution in [1.82, 2.24) is 0 Å². The van der Waals surface area contributed by atoms with Crippen LogP contribution < -0.4 is 5.32 Å². The number of fused-ring (bicyclic) bond motifs is 1. The molecule has 3 rings (SSSR count). The molecule has 1 aromatic heterocycles. The summed E-state index contributed by atoms with van der Waals surface area (Å²) in [5, 5.41) is 6.46. The van der Waals surface area contributed by atoms with E-state index in [1.54, 1.807) is 11.3 Å². The fourth-order valence-corrected chi connectivity index (χ4v) is 2.96. The average Bonchev–Trinajstić information content (AvgIpc) is 2.84. The van der Waals surface area contributed by atoms with Gasteiger partial charge in [-0.25, -0.2) is 0 Å². The van der Waals surface area contributed by atoms with E-state index in [-0.39, 0.29) is 0 Å². The van der Waals surface area contributed by atoms with Gasteiger partial charge in [-0.05, 0) is 41.6 Å². The summed E-state index contributed by atoms with van der Waals surface area (Å²) >= 11 is 7.77. The third kappa shape index (κ3) is 1.64. The number of hydrogen-bond donors (Lipinski definition) is 1. The molecule has 15 heavy (non-hydrogen) atoms. The molecule has 76 valence electrons. The van der Waals surface area contributed by atoms with Crippen molar-refractivity contribution in [2.45, 2.75) is 12.5 Å². The standard InChI is InChI=1S/C12H10ClNS/c13-9-3-4-10-8(6-9)7-11(14-10)12-2-1-5-15-12/h1-6,11,14H,7H2. The maximum absolute atomic E-state index is 5.97. The van der Waals surface area contributed by atoms with E-state index < -0.39 is 0 Å². The maximum atomic E-state index is 5.97. The molecule has 1 nitrogen and oxygen atoms in total. The molecule has 1 aliphatic rings. The van der Waals surface area contributed by atoms with Crippen LogP contribution in [0.4, 0.5) is 5.69 Å². The normalized spacial score (nSPS) is 18.6. The number of thiophene rings is 1. The smallest absolute Gasteiger partial charge is 0.0647 e. The first-order valence-electron chi connectivity index (χ1n) is 4.91. The molecule has 0 amide bonds. The van der Waals surface area contributed by atoms with Gasteiger partial charge >= 0.3 is 0 Å². The van der Waals surface area contributed by atoms with Crippen LogP contribution in [0.25, 0.3) is 0 Å². The van der Waals surface area contributed by atoms with Crippen molar-refractivity contribution in [3.05, 3.63) is 51.2 Å². The van der Waals surface area contributed by atoms with Gasteiger partial charge in [0.05, 0.1) is 6.04 Å². The minimum atomic E-state index is 0.429. The Morgan fingerprint density at radius 3 is 3.07 bits per heavy atom. The van der Waals surface area contributed by atoms with Crippen LogP contribution in [0.5, 0.6) is 0 Å². The Hall–Kier alpha value is -0.990. The molecule has 0 aliphatic carbocycles. The molecule has 0 fully saturated rings. The molecule has 2 aromatic rings. The molecule has 0 saturated carbocycles. The van der Waals surface area contributed by atoms with Gasteiger partial charge < -0.3 is 5.32 Å². The van der Waals surface area contributed by atoms with Crippen molar-refractivity contribution in [3.63, 3.8) is 0 Å². The number of anilines is 1. The Morgan fingerprint density at radius 2 is 2.27 bits per heavy atom. The van der Waals surface area contributed by atoms with Crippen molar-refractivity contribution >= 4 is 28.6 Å². The van der Waals surface area contributed by atoms with Gasteiger partial charge in [-0.2, -0.15) is 0 Å². The Kier molecular flexibility index (Phi) is 2.19. The van der Waals surface area contributed by atoms with Gasteiger partial charge in [0, 0.05) is 15.6 Å². The zero-order chi connectivity index (χ0) is 10.3. The topological polar surface area (TPSA) is 12.0 Å². The summed E-state index contributed by atoms with van der Waals surface area (Å²) < 4.78 is 0. The second-order valence-electron chi connectivity index (χ2n) is 3.72. The van der Waals surface area contributed by atoms with Crippen molar-refractivity contribution in [2.24, 2.45) is 0 Å². The van der Waals surface area contributed by atoms with Crippen LogP contribution >= 0.6 is 22.9 Å². The summed E-state index contributed by atoms with van der Waals surface area (Å²) in [6.45, 7) is 0. The van der Waals surface area contributed by atoms with Crippen molar-refractivity contribution in [1.29, 1.82) is 0 Å². The molecule has 0 radical (unpaired) electrons. The van der Waals surface area contributed by atoms with E-state index in [9.17, 15) is 0 Å². The van der Waals surface area contributed by atoms with E-state index in [0.717, 1.165) is 11.4 Å². The summed E-state index contributed by atoms with van der Waals surface area (Å²) in [5.41, 5.74) is 2.54. The highest BCUT2D eigenvalue weighted by molar-refractivity contribution is 7.10. The van der Waals surface area contributed by atoms with Crippen molar-refractivity contribution in [2.75, 3.05) is 5.32 Å². The van der Waals surface area contributed by atoms with Crippen molar-refractivity contribution < 1.29 is 0 Å². The summed E-state index contributed by atoms with van der Waals surface area (Å²) in [7, 11) is 0. The van der Waals surface area contributed by atoms with Gasteiger partial charge in [0.25, 0.3) is 0 Å². The Morgan fingerprint density at radius 1 is 1.33 bits per heavy atom. The molecule has 2 heterocycles. The largest absolute Gasteiger partial charge is 0.377 e. The average molecular weight is 236 g/mol. The van der Waals surface area contributed by atoms with Gasteiger partial charge in [-0.1, -0.05) is 17.7 Å². The minimum absolute atomic E-state index is 0.429. The zero-order valence-corrected chi connectivity index (χ0v) is 9.61. The molecule has 1 atom stereocenters. The number of benzene rings is 1. The SMILES string of the molecule is Clc1ccc2c(c1)CC(c1cccs1)N2. The highest BCUT2D eigenvalue weighted by Crippen LogP contribution is 2.36. The molecule has 3 heteroatoms. The minimum Gasteiger partial charge on any atom is -0.377 e. The van der Waals surface area contributed by atoms with E-state index in [4.69, 9.17) is 11.6 Å². The highest BCUT2D eigenvalue weighted by Gasteiger charge is 2.22. The molecule has 1 unspecified atom stereocenters. The number of halogens is 1. The van der Waals surface area contributed by atoms with Crippen LogP contribution in [0.3, 0.4) is 0 Å². The van der Waals surface area contributed by atoms with Gasteiger partial charge in [0.2, 0.25) is 0 Å². The Labute approximate surface area is 97.7 Å². The van der Waals surface area contributed by atoms with Gasteiger partial charge in [0.1, 0.15) is 0 Å². The molecule has 0 spiro atoms. The molecular formula is C12H10ClNS. The zero-order valence-electron chi connectivity index (χ0n) is 8.03. The summed E-state index contributed by atoms with van der Waals surface area (Å²) in [5.74, 6) is 0. The van der Waals surface area contributed by atoms with E-state index in [1.165, 1.54) is 16.1 Å². The first-order chi connectivity index (χ1) is 7.33. The summed E-state index contributed by atoms with van der Waals surface area (Å²) in [4.78, 5) is 1.39. The molecule has 0 bridgehead atoms. The van der Waals surface area contributed by atoms with E-state index >= 15 is 0 Å². The summed E-state index contributed by atoms with van der Waals surface area (Å²) in [6, 6.07) is 10.7. The van der Waals surface area contributed by atoms with Crippen LogP contribution in [0.2, 0.25) is 5.02 Å². The monoisotopic (exact) mass is 235 g/mol. The van der Waals surface area contributed by atoms with Gasteiger partial charge in [-0.3, -0.25) is 0 Å². The van der Waals surface area contributed by atoms with Gasteiger partial charge in [-0.15, -0.1) is 11.3 Å². The number of rotatable bonds is 1. The van der Waals surface area contributed by atoms with Crippen LogP contribution in [0.1, 0.15) is 16.5 Å². The van der Waals surface area contributed by atoms with Crippen LogP contribution in [-0.4, -0.2) is 0 Å². The maximum Gasteiger partial charge on any atom is 0.0647 e. The molecular weight excluding hydrogens is 226 g/mol.